The van der Waals surface area contributed by atoms with Crippen molar-refractivity contribution in [1.82, 2.24) is 0 Å². The number of allylic oxidation sites excluding steroid dienone is 1. The van der Waals surface area contributed by atoms with E-state index in [2.05, 4.69) is 0 Å². The highest BCUT2D eigenvalue weighted by molar-refractivity contribution is 5.87. The van der Waals surface area contributed by atoms with Crippen molar-refractivity contribution in [3.63, 3.8) is 0 Å². The van der Waals surface area contributed by atoms with Gasteiger partial charge in [0.25, 0.3) is 0 Å². The van der Waals surface area contributed by atoms with Crippen molar-refractivity contribution in [2.75, 3.05) is 0 Å². The molecule has 0 bridgehead atoms. The van der Waals surface area contributed by atoms with Crippen LogP contribution in [0.3, 0.4) is 0 Å². The monoisotopic (exact) mass is 156 g/mol. The van der Waals surface area contributed by atoms with Crippen molar-refractivity contribution >= 4 is 5.97 Å². The van der Waals surface area contributed by atoms with Crippen LogP contribution in [0.2, 0.25) is 0 Å². The molecule has 1 heterocycles. The van der Waals surface area contributed by atoms with E-state index in [1.165, 1.54) is 0 Å². The molecule has 0 aromatic rings. The predicted octanol–water partition coefficient (Wildman–Crippen LogP) is 1.54. The third-order valence-corrected chi connectivity index (χ3v) is 1.86. The molecule has 11 heavy (non-hydrogen) atoms. The Morgan fingerprint density at radius 3 is 2.82 bits per heavy atom. The van der Waals surface area contributed by atoms with Gasteiger partial charge in [0.1, 0.15) is 5.76 Å². The average Bonchev–Trinajstić information content (AvgIpc) is 1.85. The highest BCUT2D eigenvalue weighted by Crippen LogP contribution is 2.22. The number of carboxylic acid groups (broad SMARTS) is 1. The van der Waals surface area contributed by atoms with Crippen LogP contribution >= 0.6 is 0 Å². The van der Waals surface area contributed by atoms with Crippen LogP contribution in [-0.4, -0.2) is 17.2 Å². The molecule has 1 atom stereocenters. The van der Waals surface area contributed by atoms with E-state index in [-0.39, 0.29) is 6.10 Å². The zero-order chi connectivity index (χ0) is 8.43. The van der Waals surface area contributed by atoms with Crippen molar-refractivity contribution in [2.24, 2.45) is 0 Å². The van der Waals surface area contributed by atoms with Crippen LogP contribution in [0.25, 0.3) is 0 Å². The summed E-state index contributed by atoms with van der Waals surface area (Å²) in [5.74, 6) is -0.286. The van der Waals surface area contributed by atoms with Crippen molar-refractivity contribution < 1.29 is 14.6 Å². The van der Waals surface area contributed by atoms with Crippen LogP contribution in [0.4, 0.5) is 0 Å². The molecule has 1 aliphatic rings. The van der Waals surface area contributed by atoms with Crippen molar-refractivity contribution in [2.45, 2.75) is 32.8 Å². The zero-order valence-corrected chi connectivity index (χ0v) is 6.76. The van der Waals surface area contributed by atoms with Crippen molar-refractivity contribution in [1.29, 1.82) is 0 Å². The maximum atomic E-state index is 10.5. The summed E-state index contributed by atoms with van der Waals surface area (Å²) in [4.78, 5) is 10.5. The van der Waals surface area contributed by atoms with Gasteiger partial charge in [-0.2, -0.15) is 0 Å². The van der Waals surface area contributed by atoms with Crippen LogP contribution in [0.5, 0.6) is 0 Å². The molecule has 0 aromatic heterocycles. The van der Waals surface area contributed by atoms with Gasteiger partial charge in [0.05, 0.1) is 11.7 Å². The minimum Gasteiger partial charge on any atom is -0.495 e. The Morgan fingerprint density at radius 1 is 1.73 bits per heavy atom. The summed E-state index contributed by atoms with van der Waals surface area (Å²) in [6.07, 6.45) is 1.60. The van der Waals surface area contributed by atoms with E-state index in [1.807, 2.05) is 6.92 Å². The second-order valence-electron chi connectivity index (χ2n) is 2.81. The summed E-state index contributed by atoms with van der Waals surface area (Å²) in [6, 6.07) is 0. The minimum atomic E-state index is -0.852. The van der Waals surface area contributed by atoms with Gasteiger partial charge in [-0.05, 0) is 26.7 Å². The summed E-state index contributed by atoms with van der Waals surface area (Å²) in [7, 11) is 0. The number of rotatable bonds is 1. The molecule has 0 aromatic carbocycles. The van der Waals surface area contributed by atoms with Gasteiger partial charge in [-0.25, -0.2) is 4.79 Å². The smallest absolute Gasteiger partial charge is 0.334 e. The molecule has 0 amide bonds. The number of ether oxygens (including phenoxy) is 1. The fourth-order valence-electron chi connectivity index (χ4n) is 1.21. The first kappa shape index (κ1) is 8.11. The Hall–Kier alpha value is -0.990. The van der Waals surface area contributed by atoms with Gasteiger partial charge in [0.2, 0.25) is 0 Å². The van der Waals surface area contributed by atoms with Gasteiger partial charge in [-0.15, -0.1) is 0 Å². The Kier molecular flexibility index (Phi) is 2.17. The molecule has 62 valence electrons. The molecular formula is C8H12O3. The minimum absolute atomic E-state index is 0.165. The number of carboxylic acids is 1. The molecule has 3 nitrogen and oxygen atoms in total. The summed E-state index contributed by atoms with van der Waals surface area (Å²) in [6.45, 7) is 3.65. The normalized spacial score (nSPS) is 24.7. The lowest BCUT2D eigenvalue weighted by Gasteiger charge is -2.22. The molecule has 0 saturated carbocycles. The van der Waals surface area contributed by atoms with E-state index >= 15 is 0 Å². The predicted molar refractivity (Wildman–Crippen MR) is 40.1 cm³/mol. The van der Waals surface area contributed by atoms with E-state index in [0.29, 0.717) is 17.8 Å². The van der Waals surface area contributed by atoms with Gasteiger partial charge in [0.15, 0.2) is 0 Å². The summed E-state index contributed by atoms with van der Waals surface area (Å²) in [5.41, 5.74) is 0.420. The molecule has 0 aliphatic carbocycles. The molecule has 0 spiro atoms. The van der Waals surface area contributed by atoms with E-state index in [9.17, 15) is 4.79 Å². The highest BCUT2D eigenvalue weighted by Gasteiger charge is 2.20. The van der Waals surface area contributed by atoms with Crippen LogP contribution in [0.1, 0.15) is 26.7 Å². The van der Waals surface area contributed by atoms with Gasteiger partial charge in [-0.3, -0.25) is 0 Å². The number of carbonyl (C=O) groups is 1. The lowest BCUT2D eigenvalue weighted by atomic mass is 10.0. The van der Waals surface area contributed by atoms with Gasteiger partial charge in [0, 0.05) is 0 Å². The maximum absolute atomic E-state index is 10.5. The molecule has 0 radical (unpaired) electrons. The fourth-order valence-corrected chi connectivity index (χ4v) is 1.21. The van der Waals surface area contributed by atoms with Gasteiger partial charge >= 0.3 is 5.97 Å². The van der Waals surface area contributed by atoms with Crippen LogP contribution in [0, 0.1) is 0 Å². The molecule has 0 fully saturated rings. The van der Waals surface area contributed by atoms with E-state index in [1.54, 1.807) is 6.92 Å². The number of hydrogen-bond acceptors (Lipinski definition) is 2. The highest BCUT2D eigenvalue weighted by atomic mass is 16.5. The maximum Gasteiger partial charge on any atom is 0.334 e. The summed E-state index contributed by atoms with van der Waals surface area (Å²) >= 11 is 0. The molecule has 1 N–H and O–H groups in total. The Bertz CT molecular complexity index is 205. The number of aliphatic carboxylic acids is 1. The summed E-state index contributed by atoms with van der Waals surface area (Å²) < 4.78 is 5.26. The fraction of sp³-hybridized carbons (Fsp3) is 0.625. The van der Waals surface area contributed by atoms with E-state index in [0.717, 1.165) is 6.42 Å². The SMILES string of the molecule is CC1=C(C(=O)O)CCC(C)O1. The molecule has 1 rings (SSSR count). The largest absolute Gasteiger partial charge is 0.495 e. The molecule has 1 aliphatic heterocycles. The second-order valence-corrected chi connectivity index (χ2v) is 2.81. The first-order valence-electron chi connectivity index (χ1n) is 3.71. The summed E-state index contributed by atoms with van der Waals surface area (Å²) in [5, 5.41) is 8.66. The van der Waals surface area contributed by atoms with Crippen molar-refractivity contribution in [3.8, 4) is 0 Å². The third-order valence-electron chi connectivity index (χ3n) is 1.86. The van der Waals surface area contributed by atoms with Crippen LogP contribution in [0.15, 0.2) is 11.3 Å². The molecule has 0 saturated heterocycles. The topological polar surface area (TPSA) is 46.5 Å². The molecule has 1 unspecified atom stereocenters. The average molecular weight is 156 g/mol. The Labute approximate surface area is 65.7 Å². The first-order valence-corrected chi connectivity index (χ1v) is 3.71. The molecular weight excluding hydrogens is 144 g/mol. The van der Waals surface area contributed by atoms with Crippen LogP contribution in [-0.2, 0) is 9.53 Å². The third kappa shape index (κ3) is 1.73. The second kappa shape index (κ2) is 2.95. The van der Waals surface area contributed by atoms with Crippen molar-refractivity contribution in [3.05, 3.63) is 11.3 Å². The van der Waals surface area contributed by atoms with Gasteiger partial charge in [-0.1, -0.05) is 0 Å². The quantitative estimate of drug-likeness (QED) is 0.626. The molecule has 3 heteroatoms. The number of hydrogen-bond donors (Lipinski definition) is 1. The van der Waals surface area contributed by atoms with Crippen LogP contribution < -0.4 is 0 Å². The first-order chi connectivity index (χ1) is 5.11. The van der Waals surface area contributed by atoms with E-state index < -0.39 is 5.97 Å². The lowest BCUT2D eigenvalue weighted by Crippen LogP contribution is -2.18. The lowest BCUT2D eigenvalue weighted by molar-refractivity contribution is -0.133. The Balaban J connectivity index is 2.78. The standard InChI is InChI=1S/C8H12O3/c1-5-3-4-7(8(9)10)6(2)11-5/h5H,3-4H2,1-2H3,(H,9,10). The zero-order valence-electron chi connectivity index (χ0n) is 6.76. The Morgan fingerprint density at radius 2 is 2.36 bits per heavy atom. The van der Waals surface area contributed by atoms with E-state index in [4.69, 9.17) is 9.84 Å². The van der Waals surface area contributed by atoms with Gasteiger partial charge < -0.3 is 9.84 Å².